The molecule has 0 aromatic heterocycles. The molecule has 96 valence electrons. The lowest BCUT2D eigenvalue weighted by molar-refractivity contribution is 0.182. The summed E-state index contributed by atoms with van der Waals surface area (Å²) in [6.07, 6.45) is 8.56. The van der Waals surface area contributed by atoms with Gasteiger partial charge in [0, 0.05) is 24.7 Å². The summed E-state index contributed by atoms with van der Waals surface area (Å²) in [5, 5.41) is 6.66. The first kappa shape index (κ1) is 11.3. The van der Waals surface area contributed by atoms with Crippen molar-refractivity contribution in [2.24, 2.45) is 0 Å². The van der Waals surface area contributed by atoms with E-state index < -0.39 is 0 Å². The number of rotatable bonds is 4. The lowest BCUT2D eigenvalue weighted by Gasteiger charge is -2.30. The Hall–Kier alpha value is -0.770. The van der Waals surface area contributed by atoms with Gasteiger partial charge in [0.15, 0.2) is 0 Å². The molecule has 1 unspecified atom stereocenters. The number of piperidine rings is 1. The highest BCUT2D eigenvalue weighted by Gasteiger charge is 2.36. The predicted octanol–water partition coefficient (Wildman–Crippen LogP) is 1.46. The van der Waals surface area contributed by atoms with Crippen molar-refractivity contribution in [1.82, 2.24) is 15.5 Å². The number of nitrogens with zero attached hydrogens (tertiary/aromatic N) is 1. The van der Waals surface area contributed by atoms with E-state index in [-0.39, 0.29) is 6.03 Å². The molecule has 3 fully saturated rings. The smallest absolute Gasteiger partial charge is 0.317 e. The third-order valence-electron chi connectivity index (χ3n) is 3.98. The second kappa shape index (κ2) is 4.84. The minimum Gasteiger partial charge on any atom is -0.335 e. The summed E-state index contributed by atoms with van der Waals surface area (Å²) in [5.74, 6) is 0. The Labute approximate surface area is 103 Å². The molecule has 2 N–H and O–H groups in total. The van der Waals surface area contributed by atoms with Crippen molar-refractivity contribution in [2.75, 3.05) is 13.1 Å². The van der Waals surface area contributed by atoms with Gasteiger partial charge < -0.3 is 15.5 Å². The largest absolute Gasteiger partial charge is 0.335 e. The molecule has 0 radical (unpaired) electrons. The summed E-state index contributed by atoms with van der Waals surface area (Å²) in [6.45, 7) is 2.02. The number of hydrogen-bond donors (Lipinski definition) is 2. The molecule has 1 heterocycles. The molecule has 1 atom stereocenters. The Morgan fingerprint density at radius 1 is 1.18 bits per heavy atom. The molecule has 4 heteroatoms. The third-order valence-corrected chi connectivity index (χ3v) is 3.98. The van der Waals surface area contributed by atoms with E-state index in [1.165, 1.54) is 44.9 Å². The molecular formula is C13H23N3O. The van der Waals surface area contributed by atoms with Gasteiger partial charge in [-0.15, -0.1) is 0 Å². The topological polar surface area (TPSA) is 44.4 Å². The first-order valence-electron chi connectivity index (χ1n) is 7.13. The molecule has 0 spiro atoms. The highest BCUT2D eigenvalue weighted by atomic mass is 16.2. The number of carbonyl (C=O) groups is 1. The molecule has 0 bridgehead atoms. The number of urea groups is 1. The van der Waals surface area contributed by atoms with Crippen LogP contribution in [0.3, 0.4) is 0 Å². The summed E-state index contributed by atoms with van der Waals surface area (Å²) in [5.41, 5.74) is 0. The lowest BCUT2D eigenvalue weighted by Crippen LogP contribution is -2.50. The fourth-order valence-corrected chi connectivity index (χ4v) is 2.59. The molecular weight excluding hydrogens is 214 g/mol. The molecule has 3 rings (SSSR count). The van der Waals surface area contributed by atoms with Gasteiger partial charge in [0.1, 0.15) is 0 Å². The van der Waals surface area contributed by atoms with Crippen LogP contribution in [-0.2, 0) is 0 Å². The van der Waals surface area contributed by atoms with Crippen molar-refractivity contribution in [3.63, 3.8) is 0 Å². The van der Waals surface area contributed by atoms with Crippen molar-refractivity contribution in [3.05, 3.63) is 0 Å². The molecule has 0 aromatic carbocycles. The van der Waals surface area contributed by atoms with E-state index in [1.54, 1.807) is 0 Å². The lowest BCUT2D eigenvalue weighted by atomic mass is 10.0. The number of hydrogen-bond acceptors (Lipinski definition) is 2. The monoisotopic (exact) mass is 237 g/mol. The van der Waals surface area contributed by atoms with Gasteiger partial charge in [0.05, 0.1) is 0 Å². The zero-order chi connectivity index (χ0) is 11.7. The van der Waals surface area contributed by atoms with Gasteiger partial charge in [-0.3, -0.25) is 0 Å². The van der Waals surface area contributed by atoms with E-state index in [4.69, 9.17) is 0 Å². The molecule has 0 aromatic rings. The van der Waals surface area contributed by atoms with E-state index in [0.717, 1.165) is 13.1 Å². The van der Waals surface area contributed by atoms with Gasteiger partial charge in [0.2, 0.25) is 0 Å². The zero-order valence-corrected chi connectivity index (χ0v) is 10.5. The quantitative estimate of drug-likeness (QED) is 0.777. The average Bonchev–Trinajstić information content (AvgIpc) is 3.21. The molecule has 1 aliphatic heterocycles. The predicted molar refractivity (Wildman–Crippen MR) is 66.9 cm³/mol. The molecule has 17 heavy (non-hydrogen) atoms. The van der Waals surface area contributed by atoms with Crippen LogP contribution in [0, 0.1) is 0 Å². The highest BCUT2D eigenvalue weighted by Crippen LogP contribution is 2.28. The van der Waals surface area contributed by atoms with Crippen LogP contribution in [0.1, 0.15) is 44.9 Å². The molecule has 3 aliphatic rings. The van der Waals surface area contributed by atoms with Crippen molar-refractivity contribution in [1.29, 1.82) is 0 Å². The van der Waals surface area contributed by atoms with Crippen LogP contribution in [0.2, 0.25) is 0 Å². The maximum Gasteiger partial charge on any atom is 0.317 e. The van der Waals surface area contributed by atoms with Crippen LogP contribution in [0.25, 0.3) is 0 Å². The molecule has 2 saturated carbocycles. The van der Waals surface area contributed by atoms with Gasteiger partial charge in [0.25, 0.3) is 0 Å². The average molecular weight is 237 g/mol. The highest BCUT2D eigenvalue weighted by molar-refractivity contribution is 5.75. The molecule has 2 amide bonds. The van der Waals surface area contributed by atoms with E-state index >= 15 is 0 Å². The Kier molecular flexibility index (Phi) is 3.23. The summed E-state index contributed by atoms with van der Waals surface area (Å²) < 4.78 is 0. The normalized spacial score (nSPS) is 28.8. The van der Waals surface area contributed by atoms with Crippen molar-refractivity contribution < 1.29 is 4.79 Å². The fraction of sp³-hybridized carbons (Fsp3) is 0.923. The van der Waals surface area contributed by atoms with E-state index in [1.807, 2.05) is 0 Å². The van der Waals surface area contributed by atoms with Crippen LogP contribution in [0.4, 0.5) is 4.79 Å². The summed E-state index contributed by atoms with van der Waals surface area (Å²) >= 11 is 0. The van der Waals surface area contributed by atoms with Crippen molar-refractivity contribution >= 4 is 6.03 Å². The van der Waals surface area contributed by atoms with E-state index in [0.29, 0.717) is 18.1 Å². The first-order chi connectivity index (χ1) is 8.33. The van der Waals surface area contributed by atoms with Crippen LogP contribution in [0.15, 0.2) is 0 Å². The SMILES string of the molecule is O=C(NC1CC1)N(CC1CCCCN1)C1CC1. The second-order valence-electron chi connectivity index (χ2n) is 5.75. The summed E-state index contributed by atoms with van der Waals surface area (Å²) in [6, 6.07) is 1.71. The van der Waals surface area contributed by atoms with Gasteiger partial charge in [-0.1, -0.05) is 6.42 Å². The van der Waals surface area contributed by atoms with E-state index in [9.17, 15) is 4.79 Å². The molecule has 2 aliphatic carbocycles. The van der Waals surface area contributed by atoms with Crippen LogP contribution < -0.4 is 10.6 Å². The first-order valence-corrected chi connectivity index (χ1v) is 7.13. The third kappa shape index (κ3) is 3.12. The maximum absolute atomic E-state index is 12.1. The Bertz CT molecular complexity index is 280. The minimum atomic E-state index is 0.183. The summed E-state index contributed by atoms with van der Waals surface area (Å²) in [4.78, 5) is 14.2. The fourth-order valence-electron chi connectivity index (χ4n) is 2.59. The van der Waals surface area contributed by atoms with E-state index in [2.05, 4.69) is 15.5 Å². The number of nitrogens with one attached hydrogen (secondary N) is 2. The van der Waals surface area contributed by atoms with Gasteiger partial charge in [-0.25, -0.2) is 4.79 Å². The maximum atomic E-state index is 12.1. The minimum absolute atomic E-state index is 0.183. The Morgan fingerprint density at radius 2 is 2.00 bits per heavy atom. The van der Waals surface area contributed by atoms with Crippen molar-refractivity contribution in [2.45, 2.75) is 63.1 Å². The van der Waals surface area contributed by atoms with Crippen LogP contribution >= 0.6 is 0 Å². The van der Waals surface area contributed by atoms with Crippen LogP contribution in [0.5, 0.6) is 0 Å². The Balaban J connectivity index is 1.52. The van der Waals surface area contributed by atoms with Gasteiger partial charge in [-0.05, 0) is 45.1 Å². The number of carbonyl (C=O) groups excluding carboxylic acids is 1. The second-order valence-corrected chi connectivity index (χ2v) is 5.75. The summed E-state index contributed by atoms with van der Waals surface area (Å²) in [7, 11) is 0. The van der Waals surface area contributed by atoms with Crippen LogP contribution in [-0.4, -0.2) is 42.1 Å². The van der Waals surface area contributed by atoms with Gasteiger partial charge >= 0.3 is 6.03 Å². The Morgan fingerprint density at radius 3 is 2.59 bits per heavy atom. The zero-order valence-electron chi connectivity index (χ0n) is 10.5. The van der Waals surface area contributed by atoms with Crippen molar-refractivity contribution in [3.8, 4) is 0 Å². The molecule has 1 saturated heterocycles. The number of amides is 2. The standard InChI is InChI=1S/C13H23N3O/c17-13(15-10-4-5-10)16(12-6-7-12)9-11-3-1-2-8-14-11/h10-12,14H,1-9H2,(H,15,17). The molecule has 4 nitrogen and oxygen atoms in total. The van der Waals surface area contributed by atoms with Gasteiger partial charge in [-0.2, -0.15) is 0 Å².